The van der Waals surface area contributed by atoms with Crippen molar-refractivity contribution in [1.29, 1.82) is 0 Å². The molecule has 2 saturated heterocycles. The van der Waals surface area contributed by atoms with Crippen LogP contribution in [0.2, 0.25) is 0 Å². The Morgan fingerprint density at radius 3 is 2.00 bits per heavy atom. The first-order valence-electron chi connectivity index (χ1n) is 11.3. The largest absolute Gasteiger partial charge is 0.443 e. The number of cyclic esters (lactones) is 1. The number of hydrogen-bond donors (Lipinski definition) is 0. The Bertz CT molecular complexity index is 792. The second kappa shape index (κ2) is 8.78. The van der Waals surface area contributed by atoms with Gasteiger partial charge >= 0.3 is 6.09 Å². The fourth-order valence-electron chi connectivity index (χ4n) is 5.01. The number of benzene rings is 2. The van der Waals surface area contributed by atoms with Crippen LogP contribution in [0.15, 0.2) is 60.7 Å². The van der Waals surface area contributed by atoms with Crippen molar-refractivity contribution in [2.75, 3.05) is 39.3 Å². The average molecular weight is 406 g/mol. The molecule has 2 aliphatic heterocycles. The molecule has 2 aromatic carbocycles. The van der Waals surface area contributed by atoms with E-state index in [-0.39, 0.29) is 18.2 Å². The van der Waals surface area contributed by atoms with Gasteiger partial charge in [0, 0.05) is 38.8 Å². The zero-order valence-electron chi connectivity index (χ0n) is 17.5. The minimum atomic E-state index is -0.100. The molecule has 1 unspecified atom stereocenters. The molecule has 5 heteroatoms. The smallest absolute Gasteiger partial charge is 0.410 e. The third-order valence-corrected chi connectivity index (χ3v) is 6.88. The molecule has 2 aromatic rings. The van der Waals surface area contributed by atoms with Gasteiger partial charge in [-0.1, -0.05) is 60.7 Å². The number of amides is 1. The predicted molar refractivity (Wildman–Crippen MR) is 117 cm³/mol. The molecular weight excluding hydrogens is 374 g/mol. The van der Waals surface area contributed by atoms with Crippen molar-refractivity contribution in [3.05, 3.63) is 71.8 Å². The van der Waals surface area contributed by atoms with E-state index in [0.717, 1.165) is 52.1 Å². The number of carbonyl (C=O) groups is 1. The number of rotatable bonds is 6. The molecule has 0 radical (unpaired) electrons. The van der Waals surface area contributed by atoms with Gasteiger partial charge in [0.15, 0.2) is 0 Å². The molecule has 5 rings (SSSR count). The van der Waals surface area contributed by atoms with Gasteiger partial charge in [0.1, 0.15) is 6.10 Å². The Morgan fingerprint density at radius 1 is 0.867 bits per heavy atom. The van der Waals surface area contributed by atoms with Gasteiger partial charge < -0.3 is 9.64 Å². The lowest BCUT2D eigenvalue weighted by molar-refractivity contribution is 0.0669. The van der Waals surface area contributed by atoms with Crippen molar-refractivity contribution in [3.63, 3.8) is 0 Å². The number of ether oxygens (including phenoxy) is 1. The third-order valence-electron chi connectivity index (χ3n) is 6.88. The van der Waals surface area contributed by atoms with E-state index >= 15 is 0 Å². The Balaban J connectivity index is 1.21. The van der Waals surface area contributed by atoms with Gasteiger partial charge in [0.25, 0.3) is 0 Å². The van der Waals surface area contributed by atoms with Crippen molar-refractivity contribution in [2.45, 2.75) is 37.5 Å². The molecule has 0 N–H and O–H groups in total. The van der Waals surface area contributed by atoms with Crippen LogP contribution < -0.4 is 0 Å². The third kappa shape index (κ3) is 4.09. The highest BCUT2D eigenvalue weighted by atomic mass is 16.6. The van der Waals surface area contributed by atoms with Crippen LogP contribution in [0.4, 0.5) is 4.79 Å². The Kier molecular flexibility index (Phi) is 5.73. The minimum absolute atomic E-state index is 0.0173. The number of carbonyl (C=O) groups excluding carboxylic acids is 1. The fraction of sp³-hybridized carbons (Fsp3) is 0.480. The lowest BCUT2D eigenvalue weighted by Gasteiger charge is -2.40. The van der Waals surface area contributed by atoms with Gasteiger partial charge in [-0.05, 0) is 30.4 Å². The van der Waals surface area contributed by atoms with E-state index in [9.17, 15) is 4.79 Å². The van der Waals surface area contributed by atoms with Gasteiger partial charge in [-0.25, -0.2) is 4.79 Å². The first-order chi connectivity index (χ1) is 14.8. The maximum atomic E-state index is 12.2. The molecule has 0 aromatic heterocycles. The van der Waals surface area contributed by atoms with E-state index in [0.29, 0.717) is 6.04 Å². The maximum absolute atomic E-state index is 12.2. The Hall–Kier alpha value is -2.37. The molecule has 30 heavy (non-hydrogen) atoms. The summed E-state index contributed by atoms with van der Waals surface area (Å²) in [5.41, 5.74) is 2.69. The van der Waals surface area contributed by atoms with Gasteiger partial charge in [-0.2, -0.15) is 0 Å². The van der Waals surface area contributed by atoms with E-state index in [1.54, 1.807) is 0 Å². The average Bonchev–Trinajstić information content (AvgIpc) is 3.09. The molecule has 3 aliphatic rings. The molecule has 3 fully saturated rings. The molecule has 5 nitrogen and oxygen atoms in total. The van der Waals surface area contributed by atoms with Crippen LogP contribution in [0, 0.1) is 0 Å². The molecule has 0 spiro atoms. The molecule has 2 heterocycles. The normalized spacial score (nSPS) is 23.6. The summed E-state index contributed by atoms with van der Waals surface area (Å²) in [5.74, 6) is 0. The minimum Gasteiger partial charge on any atom is -0.443 e. The van der Waals surface area contributed by atoms with E-state index in [4.69, 9.17) is 4.74 Å². The van der Waals surface area contributed by atoms with E-state index in [1.807, 2.05) is 4.90 Å². The first-order valence-corrected chi connectivity index (χ1v) is 11.3. The summed E-state index contributed by atoms with van der Waals surface area (Å²) in [6.45, 7) is 5.66. The molecule has 1 saturated carbocycles. The Labute approximate surface area is 179 Å². The van der Waals surface area contributed by atoms with Gasteiger partial charge in [-0.15, -0.1) is 0 Å². The summed E-state index contributed by atoms with van der Waals surface area (Å²) < 4.78 is 5.68. The lowest BCUT2D eigenvalue weighted by Crippen LogP contribution is -2.50. The second-order valence-corrected chi connectivity index (χ2v) is 8.80. The van der Waals surface area contributed by atoms with Gasteiger partial charge in [0.2, 0.25) is 0 Å². The topological polar surface area (TPSA) is 36.0 Å². The molecule has 1 atom stereocenters. The van der Waals surface area contributed by atoms with Crippen LogP contribution in [0.3, 0.4) is 0 Å². The lowest BCUT2D eigenvalue weighted by atomic mass is 9.92. The number of nitrogens with zero attached hydrogens (tertiary/aromatic N) is 3. The highest BCUT2D eigenvalue weighted by Gasteiger charge is 2.39. The summed E-state index contributed by atoms with van der Waals surface area (Å²) in [6.07, 6.45) is 3.44. The highest BCUT2D eigenvalue weighted by Crippen LogP contribution is 2.31. The predicted octanol–water partition coefficient (Wildman–Crippen LogP) is 3.77. The zero-order valence-corrected chi connectivity index (χ0v) is 17.5. The Morgan fingerprint density at radius 2 is 1.47 bits per heavy atom. The van der Waals surface area contributed by atoms with Crippen LogP contribution in [-0.2, 0) is 4.74 Å². The molecule has 0 bridgehead atoms. The van der Waals surface area contributed by atoms with E-state index in [1.165, 1.54) is 17.5 Å². The molecule has 158 valence electrons. The quantitative estimate of drug-likeness (QED) is 0.733. The van der Waals surface area contributed by atoms with Crippen LogP contribution in [0.1, 0.15) is 36.4 Å². The first kappa shape index (κ1) is 19.6. The van der Waals surface area contributed by atoms with Gasteiger partial charge in [-0.3, -0.25) is 9.80 Å². The molecule has 1 amide bonds. The summed E-state index contributed by atoms with van der Waals surface area (Å²) in [7, 11) is 0. The highest BCUT2D eigenvalue weighted by molar-refractivity contribution is 5.70. The van der Waals surface area contributed by atoms with Crippen LogP contribution in [0.5, 0.6) is 0 Å². The maximum Gasteiger partial charge on any atom is 0.410 e. The molecular formula is C25H31N3O2. The van der Waals surface area contributed by atoms with Crippen LogP contribution in [-0.4, -0.2) is 72.2 Å². The van der Waals surface area contributed by atoms with Crippen molar-refractivity contribution >= 4 is 6.09 Å². The molecule has 1 aliphatic carbocycles. The van der Waals surface area contributed by atoms with Crippen molar-refractivity contribution < 1.29 is 9.53 Å². The summed E-state index contributed by atoms with van der Waals surface area (Å²) in [6, 6.07) is 22.3. The monoisotopic (exact) mass is 405 g/mol. The zero-order chi connectivity index (χ0) is 20.3. The van der Waals surface area contributed by atoms with Crippen LogP contribution >= 0.6 is 0 Å². The summed E-state index contributed by atoms with van der Waals surface area (Å²) >= 11 is 0. The number of piperazine rings is 1. The van der Waals surface area contributed by atoms with Crippen molar-refractivity contribution in [1.82, 2.24) is 14.7 Å². The van der Waals surface area contributed by atoms with Gasteiger partial charge in [0.05, 0.1) is 12.6 Å². The second-order valence-electron chi connectivity index (χ2n) is 8.80. The van der Waals surface area contributed by atoms with Crippen molar-refractivity contribution in [3.8, 4) is 0 Å². The van der Waals surface area contributed by atoms with E-state index < -0.39 is 0 Å². The SMILES string of the molecule is O=C1OC(CN2CCN(C(c3ccccc3)c3ccccc3)CC2)CN1C1CCC1. The summed E-state index contributed by atoms with van der Waals surface area (Å²) in [4.78, 5) is 19.2. The standard InChI is InChI=1S/C25H31N3O2/c29-25-28(22-12-7-13-22)19-23(30-25)18-26-14-16-27(17-15-26)24(20-8-3-1-4-9-20)21-10-5-2-6-11-21/h1-6,8-11,22-24H,7,12-19H2. The van der Waals surface area contributed by atoms with Crippen LogP contribution in [0.25, 0.3) is 0 Å². The summed E-state index contributed by atoms with van der Waals surface area (Å²) in [5, 5.41) is 0. The fourth-order valence-corrected chi connectivity index (χ4v) is 5.01. The van der Waals surface area contributed by atoms with Crippen molar-refractivity contribution in [2.24, 2.45) is 0 Å². The van der Waals surface area contributed by atoms with E-state index in [2.05, 4.69) is 70.5 Å². The number of hydrogen-bond acceptors (Lipinski definition) is 4.